The van der Waals surface area contributed by atoms with E-state index in [9.17, 15) is 26.3 Å². The molecule has 2 aromatic heterocycles. The van der Waals surface area contributed by atoms with Crippen molar-refractivity contribution in [2.75, 3.05) is 18.4 Å². The van der Waals surface area contributed by atoms with Crippen molar-refractivity contribution in [2.45, 2.75) is 37.5 Å². The molecule has 0 aliphatic heterocycles. The van der Waals surface area contributed by atoms with Crippen molar-refractivity contribution in [1.82, 2.24) is 20.3 Å². The number of hydrogen-bond acceptors (Lipinski definition) is 5. The van der Waals surface area contributed by atoms with E-state index in [0.29, 0.717) is 47.1 Å². The van der Waals surface area contributed by atoms with Crippen molar-refractivity contribution in [2.24, 2.45) is 0 Å². The molecule has 1 aliphatic carbocycles. The van der Waals surface area contributed by atoms with Gasteiger partial charge < -0.3 is 10.6 Å². The molecule has 0 radical (unpaired) electrons. The predicted molar refractivity (Wildman–Crippen MR) is 157 cm³/mol. The van der Waals surface area contributed by atoms with E-state index in [1.54, 1.807) is 6.07 Å². The molecule has 0 amide bonds. The number of nitrogens with one attached hydrogen (secondary N) is 2. The number of pyridine rings is 1. The van der Waals surface area contributed by atoms with Crippen LogP contribution in [-0.4, -0.2) is 28.0 Å². The Hall–Kier alpha value is -4.51. The molecule has 226 valence electrons. The second-order valence-electron chi connectivity index (χ2n) is 10.7. The Morgan fingerprint density at radius 3 is 2.39 bits per heavy atom. The van der Waals surface area contributed by atoms with Crippen LogP contribution < -0.4 is 10.6 Å². The second kappa shape index (κ2) is 11.9. The largest absolute Gasteiger partial charge is 0.418 e. The standard InChI is InChI=1S/C33H27F6N5/c34-32(35,36)23-10-12-24(13-11-23)42-31-26-14-9-21(30-27(33(37,38)39)6-3-16-41-30)18-28(26)43-29(44-31)15-17-40-19-22-8-7-20-4-1-2-5-25(20)22/h1-6,9-14,16,18,22,40H,7-8,15,17,19H2,(H,42,43,44). The van der Waals surface area contributed by atoms with Crippen LogP contribution >= 0.6 is 0 Å². The summed E-state index contributed by atoms with van der Waals surface area (Å²) in [4.78, 5) is 13.3. The SMILES string of the molecule is FC(F)(F)c1ccc(Nc2nc(CCNCC3CCc4ccccc43)nc3cc(-c4ncccc4C(F)(F)F)ccc23)cc1. The first-order chi connectivity index (χ1) is 21.1. The summed E-state index contributed by atoms with van der Waals surface area (Å²) in [5, 5.41) is 7.04. The van der Waals surface area contributed by atoms with Gasteiger partial charge in [0.1, 0.15) is 11.6 Å². The lowest BCUT2D eigenvalue weighted by molar-refractivity contribution is -0.138. The third-order valence-electron chi connectivity index (χ3n) is 7.78. The lowest BCUT2D eigenvalue weighted by Crippen LogP contribution is -2.23. The highest BCUT2D eigenvalue weighted by Gasteiger charge is 2.34. The molecule has 44 heavy (non-hydrogen) atoms. The van der Waals surface area contributed by atoms with Gasteiger partial charge in [-0.25, -0.2) is 9.97 Å². The van der Waals surface area contributed by atoms with Crippen LogP contribution in [-0.2, 0) is 25.2 Å². The van der Waals surface area contributed by atoms with Crippen LogP contribution in [0.25, 0.3) is 22.2 Å². The topological polar surface area (TPSA) is 62.7 Å². The number of hydrogen-bond donors (Lipinski definition) is 2. The first-order valence-corrected chi connectivity index (χ1v) is 14.1. The Morgan fingerprint density at radius 2 is 1.61 bits per heavy atom. The Bertz CT molecular complexity index is 1780. The summed E-state index contributed by atoms with van der Waals surface area (Å²) in [7, 11) is 0. The molecule has 0 saturated carbocycles. The number of aryl methyl sites for hydroxylation is 1. The Labute approximate surface area is 249 Å². The summed E-state index contributed by atoms with van der Waals surface area (Å²) >= 11 is 0. The molecule has 0 fully saturated rings. The number of nitrogens with zero attached hydrogens (tertiary/aromatic N) is 3. The van der Waals surface area contributed by atoms with Gasteiger partial charge in [0.25, 0.3) is 0 Å². The third kappa shape index (κ3) is 6.37. The molecule has 2 heterocycles. The molecule has 6 rings (SSSR count). The van der Waals surface area contributed by atoms with Crippen molar-refractivity contribution in [3.63, 3.8) is 0 Å². The normalized spacial score (nSPS) is 15.0. The fourth-order valence-corrected chi connectivity index (χ4v) is 5.61. The minimum absolute atomic E-state index is 0.224. The fourth-order valence-electron chi connectivity index (χ4n) is 5.61. The highest BCUT2D eigenvalue weighted by Crippen LogP contribution is 2.37. The quantitative estimate of drug-likeness (QED) is 0.137. The van der Waals surface area contributed by atoms with E-state index in [1.165, 1.54) is 47.7 Å². The summed E-state index contributed by atoms with van der Waals surface area (Å²) in [5.41, 5.74) is 1.83. The Morgan fingerprint density at radius 1 is 0.818 bits per heavy atom. The number of fused-ring (bicyclic) bond motifs is 2. The average Bonchev–Trinajstić information content (AvgIpc) is 3.41. The van der Waals surface area contributed by atoms with Crippen LogP contribution in [0.3, 0.4) is 0 Å². The molecule has 1 aliphatic rings. The summed E-state index contributed by atoms with van der Waals surface area (Å²) in [5.74, 6) is 1.17. The zero-order valence-corrected chi connectivity index (χ0v) is 23.3. The van der Waals surface area contributed by atoms with Gasteiger partial charge in [-0.3, -0.25) is 4.98 Å². The molecular formula is C33H27F6N5. The highest BCUT2D eigenvalue weighted by atomic mass is 19.4. The first kappa shape index (κ1) is 29.6. The van der Waals surface area contributed by atoms with Gasteiger partial charge in [-0.15, -0.1) is 0 Å². The molecule has 3 aromatic carbocycles. The van der Waals surface area contributed by atoms with E-state index in [0.717, 1.165) is 37.6 Å². The third-order valence-corrected chi connectivity index (χ3v) is 7.78. The maximum atomic E-state index is 13.7. The van der Waals surface area contributed by atoms with E-state index in [1.807, 2.05) is 12.1 Å². The number of anilines is 2. The van der Waals surface area contributed by atoms with Gasteiger partial charge in [-0.1, -0.05) is 30.3 Å². The van der Waals surface area contributed by atoms with Crippen molar-refractivity contribution in [3.8, 4) is 11.3 Å². The molecule has 1 atom stereocenters. The molecule has 0 spiro atoms. The average molecular weight is 608 g/mol. The molecule has 5 nitrogen and oxygen atoms in total. The molecular weight excluding hydrogens is 580 g/mol. The maximum Gasteiger partial charge on any atom is 0.418 e. The number of aromatic nitrogens is 3. The second-order valence-corrected chi connectivity index (χ2v) is 10.7. The summed E-state index contributed by atoms with van der Waals surface area (Å²) < 4.78 is 80.5. The van der Waals surface area contributed by atoms with E-state index >= 15 is 0 Å². The number of benzene rings is 3. The molecule has 2 N–H and O–H groups in total. The molecule has 0 saturated heterocycles. The minimum atomic E-state index is -4.60. The van der Waals surface area contributed by atoms with Crippen molar-refractivity contribution in [1.29, 1.82) is 0 Å². The number of halogens is 6. The van der Waals surface area contributed by atoms with Gasteiger partial charge in [0.15, 0.2) is 0 Å². The van der Waals surface area contributed by atoms with Crippen LogP contribution in [0.1, 0.15) is 40.4 Å². The van der Waals surface area contributed by atoms with Crippen molar-refractivity contribution in [3.05, 3.63) is 113 Å². The summed E-state index contributed by atoms with van der Waals surface area (Å²) in [6, 6.07) is 19.8. The molecule has 5 aromatic rings. The van der Waals surface area contributed by atoms with Gasteiger partial charge in [0.2, 0.25) is 0 Å². The maximum absolute atomic E-state index is 13.7. The predicted octanol–water partition coefficient (Wildman–Crippen LogP) is 8.34. The highest BCUT2D eigenvalue weighted by molar-refractivity contribution is 5.93. The van der Waals surface area contributed by atoms with E-state index in [2.05, 4.69) is 37.7 Å². The lowest BCUT2D eigenvalue weighted by Gasteiger charge is -2.15. The number of rotatable bonds is 8. The Balaban J connectivity index is 1.29. The zero-order valence-electron chi connectivity index (χ0n) is 23.3. The monoisotopic (exact) mass is 607 g/mol. The molecule has 0 bridgehead atoms. The lowest BCUT2D eigenvalue weighted by atomic mass is 10.0. The molecule has 1 unspecified atom stereocenters. The van der Waals surface area contributed by atoms with Crippen LogP contribution in [0.2, 0.25) is 0 Å². The number of alkyl halides is 6. The fraction of sp³-hybridized carbons (Fsp3) is 0.242. The van der Waals surface area contributed by atoms with E-state index in [4.69, 9.17) is 0 Å². The van der Waals surface area contributed by atoms with Gasteiger partial charge in [-0.05, 0) is 78.4 Å². The molecule has 11 heteroatoms. The summed E-state index contributed by atoms with van der Waals surface area (Å²) in [6.45, 7) is 1.34. The van der Waals surface area contributed by atoms with Crippen molar-refractivity contribution >= 4 is 22.4 Å². The van der Waals surface area contributed by atoms with Gasteiger partial charge >= 0.3 is 12.4 Å². The van der Waals surface area contributed by atoms with Crippen LogP contribution in [0, 0.1) is 0 Å². The van der Waals surface area contributed by atoms with Gasteiger partial charge in [0, 0.05) is 42.3 Å². The summed E-state index contributed by atoms with van der Waals surface area (Å²) in [6.07, 6.45) is -5.24. The van der Waals surface area contributed by atoms with Crippen LogP contribution in [0.15, 0.2) is 85.1 Å². The van der Waals surface area contributed by atoms with Crippen LogP contribution in [0.5, 0.6) is 0 Å². The first-order valence-electron chi connectivity index (χ1n) is 14.1. The van der Waals surface area contributed by atoms with E-state index < -0.39 is 23.5 Å². The minimum Gasteiger partial charge on any atom is -0.340 e. The van der Waals surface area contributed by atoms with E-state index in [-0.39, 0.29) is 11.3 Å². The van der Waals surface area contributed by atoms with Crippen LogP contribution in [0.4, 0.5) is 37.8 Å². The smallest absolute Gasteiger partial charge is 0.340 e. The van der Waals surface area contributed by atoms with Crippen molar-refractivity contribution < 1.29 is 26.3 Å². The van der Waals surface area contributed by atoms with Gasteiger partial charge in [-0.2, -0.15) is 26.3 Å². The van der Waals surface area contributed by atoms with Gasteiger partial charge in [0.05, 0.1) is 22.3 Å². The zero-order chi connectivity index (χ0) is 30.9. The Kier molecular flexibility index (Phi) is 7.98.